The summed E-state index contributed by atoms with van der Waals surface area (Å²) in [5.41, 5.74) is 0. The average Bonchev–Trinajstić information content (AvgIpc) is 2.32. The van der Waals surface area contributed by atoms with Crippen molar-refractivity contribution in [2.45, 2.75) is 20.0 Å². The summed E-state index contributed by atoms with van der Waals surface area (Å²) < 4.78 is 12.0. The van der Waals surface area contributed by atoms with Crippen LogP contribution in [0.25, 0.3) is 0 Å². The predicted octanol–water partition coefficient (Wildman–Crippen LogP) is 3.82. The van der Waals surface area contributed by atoms with Gasteiger partial charge in [-0.3, -0.25) is 0 Å². The minimum Gasteiger partial charge on any atom is -0.461 e. The Morgan fingerprint density at radius 3 is 2.50 bits per heavy atom. The molecule has 0 aliphatic rings. The Labute approximate surface area is 114 Å². The van der Waals surface area contributed by atoms with E-state index in [0.29, 0.717) is 17.6 Å². The van der Waals surface area contributed by atoms with Crippen LogP contribution in [0.1, 0.15) is 13.8 Å². The van der Waals surface area contributed by atoms with Crippen molar-refractivity contribution in [2.75, 3.05) is 0 Å². The van der Waals surface area contributed by atoms with Gasteiger partial charge in [-0.25, -0.2) is 4.98 Å². The van der Waals surface area contributed by atoms with E-state index in [-0.39, 0.29) is 6.10 Å². The van der Waals surface area contributed by atoms with Crippen LogP contribution in [0.3, 0.4) is 0 Å². The molecule has 2 rings (SSSR count). The Morgan fingerprint density at radius 1 is 1.11 bits per heavy atom. The number of halogens is 1. The maximum absolute atomic E-state index is 5.60. The molecule has 0 saturated carbocycles. The van der Waals surface area contributed by atoms with E-state index in [2.05, 4.69) is 25.9 Å². The summed E-state index contributed by atoms with van der Waals surface area (Å²) in [7, 11) is 0. The van der Waals surface area contributed by atoms with Crippen molar-refractivity contribution >= 4 is 15.9 Å². The maximum Gasteiger partial charge on any atom is 0.319 e. The molecule has 1 aromatic heterocycles. The van der Waals surface area contributed by atoms with E-state index in [0.717, 1.165) is 4.47 Å². The number of rotatable bonds is 4. The third-order valence-corrected chi connectivity index (χ3v) is 2.51. The normalized spacial score (nSPS) is 10.4. The van der Waals surface area contributed by atoms with Gasteiger partial charge in [0, 0.05) is 16.7 Å². The van der Waals surface area contributed by atoms with Crippen molar-refractivity contribution in [3.8, 4) is 17.6 Å². The Hall–Kier alpha value is -1.62. The van der Waals surface area contributed by atoms with Gasteiger partial charge in [-0.1, -0.05) is 15.9 Å². The molecule has 1 aromatic carbocycles. The summed E-state index contributed by atoms with van der Waals surface area (Å²) in [6, 6.07) is 9.53. The topological polar surface area (TPSA) is 44.2 Å². The second kappa shape index (κ2) is 5.82. The highest BCUT2D eigenvalue weighted by molar-refractivity contribution is 9.10. The summed E-state index contributed by atoms with van der Waals surface area (Å²) in [6.07, 6.45) is 1.65. The van der Waals surface area contributed by atoms with Crippen molar-refractivity contribution < 1.29 is 9.47 Å². The Balaban J connectivity index is 2.11. The first-order valence-electron chi connectivity index (χ1n) is 5.56. The lowest BCUT2D eigenvalue weighted by Crippen LogP contribution is -2.08. The van der Waals surface area contributed by atoms with Crippen molar-refractivity contribution in [1.82, 2.24) is 9.97 Å². The average molecular weight is 309 g/mol. The lowest BCUT2D eigenvalue weighted by atomic mass is 10.3. The Kier molecular flexibility index (Phi) is 4.15. The summed E-state index contributed by atoms with van der Waals surface area (Å²) >= 11 is 3.37. The summed E-state index contributed by atoms with van der Waals surface area (Å²) in [5.74, 6) is 1.18. The van der Waals surface area contributed by atoms with Crippen LogP contribution in [0.4, 0.5) is 0 Å². The van der Waals surface area contributed by atoms with Crippen LogP contribution in [-0.4, -0.2) is 16.1 Å². The van der Waals surface area contributed by atoms with E-state index in [1.54, 1.807) is 12.3 Å². The number of ether oxygens (including phenoxy) is 2. The Morgan fingerprint density at radius 2 is 1.83 bits per heavy atom. The monoisotopic (exact) mass is 308 g/mol. The molecule has 0 atom stereocenters. The van der Waals surface area contributed by atoms with Gasteiger partial charge in [0.1, 0.15) is 5.75 Å². The highest BCUT2D eigenvalue weighted by atomic mass is 79.9. The second-order valence-electron chi connectivity index (χ2n) is 3.90. The molecular weight excluding hydrogens is 296 g/mol. The van der Waals surface area contributed by atoms with Gasteiger partial charge in [0.25, 0.3) is 0 Å². The largest absolute Gasteiger partial charge is 0.461 e. The standard InChI is InChI=1S/C13H13BrN2O2/c1-9(2)17-13-15-8-7-12(16-13)18-11-5-3-10(14)4-6-11/h3-9H,1-2H3. The summed E-state index contributed by atoms with van der Waals surface area (Å²) in [5, 5.41) is 0. The number of hydrogen-bond donors (Lipinski definition) is 0. The number of nitrogens with zero attached hydrogens (tertiary/aromatic N) is 2. The highest BCUT2D eigenvalue weighted by Gasteiger charge is 2.04. The molecule has 0 bridgehead atoms. The maximum atomic E-state index is 5.60. The molecular formula is C13H13BrN2O2. The second-order valence-corrected chi connectivity index (χ2v) is 4.82. The quantitative estimate of drug-likeness (QED) is 0.861. The molecule has 0 saturated heterocycles. The lowest BCUT2D eigenvalue weighted by molar-refractivity contribution is 0.219. The first-order valence-corrected chi connectivity index (χ1v) is 6.36. The third kappa shape index (κ3) is 3.70. The molecule has 94 valence electrons. The van der Waals surface area contributed by atoms with Gasteiger partial charge in [0.15, 0.2) is 0 Å². The molecule has 4 nitrogen and oxygen atoms in total. The van der Waals surface area contributed by atoms with Gasteiger partial charge >= 0.3 is 6.01 Å². The first-order chi connectivity index (χ1) is 8.63. The SMILES string of the molecule is CC(C)Oc1nccc(Oc2ccc(Br)cc2)n1. The van der Waals surface area contributed by atoms with Gasteiger partial charge in [-0.2, -0.15) is 4.98 Å². The van der Waals surface area contributed by atoms with Crippen molar-refractivity contribution in [1.29, 1.82) is 0 Å². The van der Waals surface area contributed by atoms with E-state index < -0.39 is 0 Å². The molecule has 5 heteroatoms. The van der Waals surface area contributed by atoms with Crippen LogP contribution < -0.4 is 9.47 Å². The zero-order valence-electron chi connectivity index (χ0n) is 10.1. The molecule has 0 aliphatic carbocycles. The first kappa shape index (κ1) is 12.8. The van der Waals surface area contributed by atoms with Gasteiger partial charge in [-0.15, -0.1) is 0 Å². The molecule has 1 heterocycles. The Bertz CT molecular complexity index is 515. The molecule has 0 aliphatic heterocycles. The fourth-order valence-corrected chi connectivity index (χ4v) is 1.54. The van der Waals surface area contributed by atoms with Crippen molar-refractivity contribution in [2.24, 2.45) is 0 Å². The summed E-state index contributed by atoms with van der Waals surface area (Å²) in [4.78, 5) is 8.18. The van der Waals surface area contributed by atoms with E-state index in [1.165, 1.54) is 0 Å². The minimum absolute atomic E-state index is 0.0351. The molecule has 2 aromatic rings. The molecule has 0 unspecified atom stereocenters. The molecule has 0 N–H and O–H groups in total. The number of aromatic nitrogens is 2. The molecule has 0 radical (unpaired) electrons. The fraction of sp³-hybridized carbons (Fsp3) is 0.231. The lowest BCUT2D eigenvalue weighted by Gasteiger charge is -2.09. The highest BCUT2D eigenvalue weighted by Crippen LogP contribution is 2.22. The van der Waals surface area contributed by atoms with Crippen LogP contribution in [0, 0.1) is 0 Å². The summed E-state index contributed by atoms with van der Waals surface area (Å²) in [6.45, 7) is 3.84. The van der Waals surface area contributed by atoms with Gasteiger partial charge < -0.3 is 9.47 Å². The van der Waals surface area contributed by atoms with E-state index in [9.17, 15) is 0 Å². The molecule has 0 spiro atoms. The molecule has 0 fully saturated rings. The van der Waals surface area contributed by atoms with Crippen molar-refractivity contribution in [3.05, 3.63) is 41.0 Å². The van der Waals surface area contributed by atoms with Gasteiger partial charge in [-0.05, 0) is 38.1 Å². The predicted molar refractivity (Wildman–Crippen MR) is 72.0 cm³/mol. The van der Waals surface area contributed by atoms with E-state index >= 15 is 0 Å². The number of benzene rings is 1. The third-order valence-electron chi connectivity index (χ3n) is 1.99. The molecule has 18 heavy (non-hydrogen) atoms. The number of hydrogen-bond acceptors (Lipinski definition) is 4. The van der Waals surface area contributed by atoms with Crippen LogP contribution in [-0.2, 0) is 0 Å². The van der Waals surface area contributed by atoms with Crippen LogP contribution >= 0.6 is 15.9 Å². The van der Waals surface area contributed by atoms with Crippen LogP contribution in [0.15, 0.2) is 41.0 Å². The van der Waals surface area contributed by atoms with Crippen LogP contribution in [0.5, 0.6) is 17.6 Å². The smallest absolute Gasteiger partial charge is 0.319 e. The fourth-order valence-electron chi connectivity index (χ4n) is 1.27. The minimum atomic E-state index is 0.0351. The zero-order valence-corrected chi connectivity index (χ0v) is 11.7. The van der Waals surface area contributed by atoms with Crippen LogP contribution in [0.2, 0.25) is 0 Å². The van der Waals surface area contributed by atoms with E-state index in [4.69, 9.17) is 9.47 Å². The zero-order chi connectivity index (χ0) is 13.0. The van der Waals surface area contributed by atoms with Crippen molar-refractivity contribution in [3.63, 3.8) is 0 Å². The van der Waals surface area contributed by atoms with Gasteiger partial charge in [0.05, 0.1) is 6.10 Å². The molecule has 0 amide bonds. The van der Waals surface area contributed by atoms with E-state index in [1.807, 2.05) is 38.1 Å². The van der Waals surface area contributed by atoms with Gasteiger partial charge in [0.2, 0.25) is 5.88 Å².